The van der Waals surface area contributed by atoms with Gasteiger partial charge in [0, 0.05) is 13.2 Å². The van der Waals surface area contributed by atoms with Crippen LogP contribution in [0.25, 0.3) is 0 Å². The smallest absolute Gasteiger partial charge is 0.274 e. The standard InChI is InChI=1S/C10H14N2O4/c1-6(7(2)13)11-10(14)9-4-8(5-15-3)16-12-9/h4,6H,5H2,1-3H3,(H,11,14). The Kier molecular flexibility index (Phi) is 4.19. The van der Waals surface area contributed by atoms with Crippen LogP contribution in [-0.2, 0) is 16.1 Å². The van der Waals surface area contributed by atoms with E-state index in [0.29, 0.717) is 5.76 Å². The Labute approximate surface area is 92.9 Å². The van der Waals surface area contributed by atoms with Crippen LogP contribution in [0.3, 0.4) is 0 Å². The van der Waals surface area contributed by atoms with E-state index in [0.717, 1.165) is 0 Å². The molecule has 16 heavy (non-hydrogen) atoms. The molecular weight excluding hydrogens is 212 g/mol. The molecule has 1 amide bonds. The van der Waals surface area contributed by atoms with Gasteiger partial charge in [0.25, 0.3) is 5.91 Å². The highest BCUT2D eigenvalue weighted by molar-refractivity contribution is 5.95. The number of ketones is 1. The number of hydrogen-bond donors (Lipinski definition) is 1. The topological polar surface area (TPSA) is 81.4 Å². The van der Waals surface area contributed by atoms with E-state index in [2.05, 4.69) is 10.5 Å². The van der Waals surface area contributed by atoms with Crippen LogP contribution < -0.4 is 5.32 Å². The number of aromatic nitrogens is 1. The Hall–Kier alpha value is -1.69. The van der Waals surface area contributed by atoms with Gasteiger partial charge >= 0.3 is 0 Å². The zero-order chi connectivity index (χ0) is 12.1. The summed E-state index contributed by atoms with van der Waals surface area (Å²) in [6.45, 7) is 3.27. The molecule has 1 rings (SSSR count). The summed E-state index contributed by atoms with van der Waals surface area (Å²) in [5.41, 5.74) is 0.139. The first-order valence-corrected chi connectivity index (χ1v) is 4.80. The van der Waals surface area contributed by atoms with Gasteiger partial charge in [-0.25, -0.2) is 0 Å². The first kappa shape index (κ1) is 12.4. The summed E-state index contributed by atoms with van der Waals surface area (Å²) in [6, 6.07) is 0.946. The van der Waals surface area contributed by atoms with Crippen LogP contribution in [0.15, 0.2) is 10.6 Å². The summed E-state index contributed by atoms with van der Waals surface area (Å²) in [6.07, 6.45) is 0. The lowest BCUT2D eigenvalue weighted by Crippen LogP contribution is -2.37. The molecule has 6 heteroatoms. The average Bonchev–Trinajstić information content (AvgIpc) is 2.66. The lowest BCUT2D eigenvalue weighted by Gasteiger charge is -2.07. The fourth-order valence-corrected chi connectivity index (χ4v) is 1.00. The molecule has 0 fully saturated rings. The number of amides is 1. The zero-order valence-electron chi connectivity index (χ0n) is 9.44. The monoisotopic (exact) mass is 226 g/mol. The van der Waals surface area contributed by atoms with Crippen LogP contribution in [0, 0.1) is 0 Å². The molecule has 1 aromatic heterocycles. The van der Waals surface area contributed by atoms with Gasteiger partial charge in [-0.1, -0.05) is 5.16 Å². The lowest BCUT2D eigenvalue weighted by atomic mass is 10.2. The second kappa shape index (κ2) is 5.41. The van der Waals surface area contributed by atoms with Gasteiger partial charge < -0.3 is 14.6 Å². The number of Topliss-reactive ketones (excluding diaryl/α,β-unsaturated/α-hetero) is 1. The van der Waals surface area contributed by atoms with E-state index in [9.17, 15) is 9.59 Å². The van der Waals surface area contributed by atoms with E-state index in [4.69, 9.17) is 9.26 Å². The number of carbonyl (C=O) groups excluding carboxylic acids is 2. The van der Waals surface area contributed by atoms with Crippen LogP contribution in [0.1, 0.15) is 30.1 Å². The first-order valence-electron chi connectivity index (χ1n) is 4.80. The van der Waals surface area contributed by atoms with Crippen molar-refractivity contribution in [2.24, 2.45) is 0 Å². The van der Waals surface area contributed by atoms with E-state index in [1.807, 2.05) is 0 Å². The number of hydrogen-bond acceptors (Lipinski definition) is 5. The summed E-state index contributed by atoms with van der Waals surface area (Å²) < 4.78 is 9.67. The van der Waals surface area contributed by atoms with Crippen molar-refractivity contribution in [2.45, 2.75) is 26.5 Å². The Morgan fingerprint density at radius 1 is 1.62 bits per heavy atom. The maximum Gasteiger partial charge on any atom is 0.274 e. The number of nitrogens with zero attached hydrogens (tertiary/aromatic N) is 1. The van der Waals surface area contributed by atoms with E-state index < -0.39 is 11.9 Å². The molecule has 0 saturated heterocycles. The molecule has 88 valence electrons. The molecule has 0 aliphatic heterocycles. The third-order valence-electron chi connectivity index (χ3n) is 2.04. The number of nitrogens with one attached hydrogen (secondary N) is 1. The highest BCUT2D eigenvalue weighted by Gasteiger charge is 2.16. The van der Waals surface area contributed by atoms with E-state index in [-0.39, 0.29) is 18.1 Å². The van der Waals surface area contributed by atoms with Crippen molar-refractivity contribution in [1.29, 1.82) is 0 Å². The van der Waals surface area contributed by atoms with Crippen molar-refractivity contribution in [3.05, 3.63) is 17.5 Å². The normalized spacial score (nSPS) is 12.2. The molecule has 0 radical (unpaired) electrons. The minimum Gasteiger partial charge on any atom is -0.377 e. The molecule has 0 bridgehead atoms. The van der Waals surface area contributed by atoms with Gasteiger partial charge in [-0.2, -0.15) is 0 Å². The van der Waals surface area contributed by atoms with E-state index in [1.165, 1.54) is 20.1 Å². The fourth-order valence-electron chi connectivity index (χ4n) is 1.00. The number of methoxy groups -OCH3 is 1. The maximum atomic E-state index is 11.6. The second-order valence-electron chi connectivity index (χ2n) is 3.42. The van der Waals surface area contributed by atoms with Gasteiger partial charge in [0.2, 0.25) is 0 Å². The zero-order valence-corrected chi connectivity index (χ0v) is 9.44. The predicted molar refractivity (Wildman–Crippen MR) is 54.8 cm³/mol. The van der Waals surface area contributed by atoms with Crippen molar-refractivity contribution >= 4 is 11.7 Å². The molecule has 1 N–H and O–H groups in total. The summed E-state index contributed by atoms with van der Waals surface area (Å²) in [7, 11) is 1.51. The predicted octanol–water partition coefficient (Wildman–Crippen LogP) is 0.528. The quantitative estimate of drug-likeness (QED) is 0.791. The van der Waals surface area contributed by atoms with Gasteiger partial charge in [-0.15, -0.1) is 0 Å². The van der Waals surface area contributed by atoms with Crippen LogP contribution in [-0.4, -0.2) is 30.0 Å². The fraction of sp³-hybridized carbons (Fsp3) is 0.500. The first-order chi connectivity index (χ1) is 7.54. The Morgan fingerprint density at radius 3 is 2.88 bits per heavy atom. The van der Waals surface area contributed by atoms with Crippen molar-refractivity contribution in [1.82, 2.24) is 10.5 Å². The minimum atomic E-state index is -0.532. The molecule has 1 unspecified atom stereocenters. The molecule has 6 nitrogen and oxygen atoms in total. The summed E-state index contributed by atoms with van der Waals surface area (Å²) >= 11 is 0. The van der Waals surface area contributed by atoms with Crippen molar-refractivity contribution in [2.75, 3.05) is 7.11 Å². The van der Waals surface area contributed by atoms with E-state index in [1.54, 1.807) is 6.92 Å². The van der Waals surface area contributed by atoms with Gasteiger partial charge in [-0.3, -0.25) is 9.59 Å². The van der Waals surface area contributed by atoms with Crippen LogP contribution in [0.2, 0.25) is 0 Å². The molecule has 0 aliphatic rings. The molecule has 1 atom stereocenters. The maximum absolute atomic E-state index is 11.6. The highest BCUT2D eigenvalue weighted by Crippen LogP contribution is 2.04. The molecule has 0 aromatic carbocycles. The van der Waals surface area contributed by atoms with Crippen molar-refractivity contribution in [3.8, 4) is 0 Å². The van der Waals surface area contributed by atoms with Crippen LogP contribution in [0.4, 0.5) is 0 Å². The summed E-state index contributed by atoms with van der Waals surface area (Å²) in [5, 5.41) is 6.07. The summed E-state index contributed by atoms with van der Waals surface area (Å²) in [4.78, 5) is 22.5. The average molecular weight is 226 g/mol. The van der Waals surface area contributed by atoms with Gasteiger partial charge in [0.05, 0.1) is 6.04 Å². The molecule has 0 saturated carbocycles. The molecule has 0 spiro atoms. The molecule has 0 aliphatic carbocycles. The number of carbonyl (C=O) groups is 2. The van der Waals surface area contributed by atoms with Crippen LogP contribution in [0.5, 0.6) is 0 Å². The third-order valence-corrected chi connectivity index (χ3v) is 2.04. The van der Waals surface area contributed by atoms with Gasteiger partial charge in [0.1, 0.15) is 6.61 Å². The Morgan fingerprint density at radius 2 is 2.31 bits per heavy atom. The third kappa shape index (κ3) is 3.16. The number of rotatable bonds is 5. The Balaban J connectivity index is 2.62. The highest BCUT2D eigenvalue weighted by atomic mass is 16.5. The van der Waals surface area contributed by atoms with Gasteiger partial charge in [0.15, 0.2) is 17.2 Å². The lowest BCUT2D eigenvalue weighted by molar-refractivity contribution is -0.118. The SMILES string of the molecule is COCc1cc(C(=O)NC(C)C(C)=O)no1. The Bertz CT molecular complexity index is 386. The summed E-state index contributed by atoms with van der Waals surface area (Å²) in [5.74, 6) is -0.0918. The number of ether oxygens (including phenoxy) is 1. The van der Waals surface area contributed by atoms with Crippen LogP contribution >= 0.6 is 0 Å². The van der Waals surface area contributed by atoms with Crippen molar-refractivity contribution in [3.63, 3.8) is 0 Å². The molecule has 1 aromatic rings. The van der Waals surface area contributed by atoms with Crippen molar-refractivity contribution < 1.29 is 18.8 Å². The van der Waals surface area contributed by atoms with E-state index >= 15 is 0 Å². The van der Waals surface area contributed by atoms with Gasteiger partial charge in [-0.05, 0) is 13.8 Å². The molecular formula is C10H14N2O4. The largest absolute Gasteiger partial charge is 0.377 e. The molecule has 1 heterocycles. The minimum absolute atomic E-state index is 0.117. The second-order valence-corrected chi connectivity index (χ2v) is 3.42.